The summed E-state index contributed by atoms with van der Waals surface area (Å²) in [4.78, 5) is 22.9. The van der Waals surface area contributed by atoms with Gasteiger partial charge in [-0.3, -0.25) is 9.59 Å². The van der Waals surface area contributed by atoms with Crippen molar-refractivity contribution in [2.75, 3.05) is 0 Å². The molecule has 0 aliphatic heterocycles. The number of halogens is 2. The molecule has 1 aliphatic carbocycles. The van der Waals surface area contributed by atoms with Gasteiger partial charge in [0.15, 0.2) is 0 Å². The van der Waals surface area contributed by atoms with Gasteiger partial charge in [-0.2, -0.15) is 8.78 Å². The lowest BCUT2D eigenvalue weighted by Crippen LogP contribution is -2.40. The largest absolute Gasteiger partial charge is 0.308 e. The number of carbonyl (C=O) groups is 2. The predicted molar refractivity (Wildman–Crippen MR) is 70.3 cm³/mol. The van der Waals surface area contributed by atoms with Crippen LogP contribution in [0.15, 0.2) is 0 Å². The Morgan fingerprint density at radius 1 is 1.26 bits per heavy atom. The zero-order chi connectivity index (χ0) is 14.3. The van der Waals surface area contributed by atoms with Crippen LogP contribution in [0.4, 0.5) is 8.78 Å². The van der Waals surface area contributed by atoms with Crippen molar-refractivity contribution in [3.63, 3.8) is 0 Å². The Morgan fingerprint density at radius 3 is 2.58 bits per heavy atom. The molecule has 0 aromatic rings. The second-order valence-corrected chi connectivity index (χ2v) is 5.54. The minimum absolute atomic E-state index is 0.0542. The first kappa shape index (κ1) is 16.3. The third kappa shape index (κ3) is 5.00. The summed E-state index contributed by atoms with van der Waals surface area (Å²) < 4.78 is 27.9. The lowest BCUT2D eigenvalue weighted by molar-refractivity contribution is -0.155. The van der Waals surface area contributed by atoms with E-state index >= 15 is 0 Å². The monoisotopic (exact) mass is 274 g/mol. The van der Waals surface area contributed by atoms with Gasteiger partial charge < -0.3 is 0 Å². The second kappa shape index (κ2) is 7.71. The number of alkyl halides is 2. The van der Waals surface area contributed by atoms with Crippen molar-refractivity contribution < 1.29 is 18.4 Å². The average molecular weight is 274 g/mol. The number of Topliss-reactive ketones (excluding diaryl/α,β-unsaturated/α-hetero) is 2. The van der Waals surface area contributed by atoms with Crippen molar-refractivity contribution in [1.82, 2.24) is 0 Å². The van der Waals surface area contributed by atoms with Crippen LogP contribution in [0.1, 0.15) is 71.1 Å². The third-order valence-corrected chi connectivity index (χ3v) is 3.87. The van der Waals surface area contributed by atoms with Gasteiger partial charge >= 0.3 is 5.92 Å². The molecule has 1 aliphatic rings. The van der Waals surface area contributed by atoms with E-state index in [1.54, 1.807) is 0 Å². The van der Waals surface area contributed by atoms with Gasteiger partial charge in [-0.25, -0.2) is 0 Å². The van der Waals surface area contributed by atoms with Gasteiger partial charge in [0, 0.05) is 25.2 Å². The summed E-state index contributed by atoms with van der Waals surface area (Å²) >= 11 is 0. The Hall–Kier alpha value is -0.800. The summed E-state index contributed by atoms with van der Waals surface area (Å²) in [7, 11) is 0. The standard InChI is InChI=1S/C15H24F2O2/c1-2-3-4-5-6-10-14(19)15(16,17)12-8-7-9-13(18)11-12/h12H,2-11H2,1H3. The first-order valence-electron chi connectivity index (χ1n) is 7.41. The Morgan fingerprint density at radius 2 is 1.95 bits per heavy atom. The van der Waals surface area contributed by atoms with Crippen LogP contribution in [0.3, 0.4) is 0 Å². The molecule has 0 aromatic heterocycles. The lowest BCUT2D eigenvalue weighted by Gasteiger charge is -2.28. The van der Waals surface area contributed by atoms with E-state index in [-0.39, 0.29) is 18.6 Å². The summed E-state index contributed by atoms with van der Waals surface area (Å²) in [5.74, 6) is -5.46. The van der Waals surface area contributed by atoms with Crippen LogP contribution in [0.25, 0.3) is 0 Å². The van der Waals surface area contributed by atoms with E-state index in [0.29, 0.717) is 25.7 Å². The first-order valence-corrected chi connectivity index (χ1v) is 7.41. The van der Waals surface area contributed by atoms with Gasteiger partial charge in [0.25, 0.3) is 0 Å². The van der Waals surface area contributed by atoms with Crippen molar-refractivity contribution in [3.8, 4) is 0 Å². The molecule has 0 spiro atoms. The van der Waals surface area contributed by atoms with Gasteiger partial charge in [-0.05, 0) is 19.3 Å². The molecule has 0 saturated heterocycles. The van der Waals surface area contributed by atoms with Crippen molar-refractivity contribution in [2.45, 2.75) is 77.1 Å². The maximum absolute atomic E-state index is 13.9. The summed E-state index contributed by atoms with van der Waals surface area (Å²) in [6.45, 7) is 2.08. The van der Waals surface area contributed by atoms with E-state index in [4.69, 9.17) is 0 Å². The molecule has 0 radical (unpaired) electrons. The highest BCUT2D eigenvalue weighted by Crippen LogP contribution is 2.37. The molecule has 2 nitrogen and oxygen atoms in total. The predicted octanol–water partition coefficient (Wildman–Crippen LogP) is 4.31. The molecule has 1 rings (SSSR count). The number of hydrogen-bond acceptors (Lipinski definition) is 2. The van der Waals surface area contributed by atoms with Crippen LogP contribution < -0.4 is 0 Å². The Labute approximate surface area is 113 Å². The minimum atomic E-state index is -3.30. The zero-order valence-corrected chi connectivity index (χ0v) is 11.7. The van der Waals surface area contributed by atoms with Crippen molar-refractivity contribution >= 4 is 11.6 Å². The molecule has 0 aromatic carbocycles. The second-order valence-electron chi connectivity index (χ2n) is 5.54. The molecule has 1 atom stereocenters. The highest BCUT2D eigenvalue weighted by Gasteiger charge is 2.47. The van der Waals surface area contributed by atoms with E-state index in [9.17, 15) is 18.4 Å². The normalized spacial score (nSPS) is 20.6. The topological polar surface area (TPSA) is 34.1 Å². The number of hydrogen-bond donors (Lipinski definition) is 0. The summed E-state index contributed by atoms with van der Waals surface area (Å²) in [6.07, 6.45) is 5.53. The molecule has 0 amide bonds. The highest BCUT2D eigenvalue weighted by atomic mass is 19.3. The maximum atomic E-state index is 13.9. The van der Waals surface area contributed by atoms with Crippen LogP contribution in [-0.2, 0) is 9.59 Å². The van der Waals surface area contributed by atoms with Gasteiger partial charge in [0.05, 0.1) is 0 Å². The fraction of sp³-hybridized carbons (Fsp3) is 0.867. The van der Waals surface area contributed by atoms with Crippen molar-refractivity contribution in [2.24, 2.45) is 5.92 Å². The Balaban J connectivity index is 2.38. The van der Waals surface area contributed by atoms with E-state index in [0.717, 1.165) is 25.7 Å². The minimum Gasteiger partial charge on any atom is -0.300 e. The smallest absolute Gasteiger partial charge is 0.300 e. The number of ketones is 2. The lowest BCUT2D eigenvalue weighted by atomic mass is 9.81. The SMILES string of the molecule is CCCCCCCC(=O)C(F)(F)C1CCCC(=O)C1. The Kier molecular flexibility index (Phi) is 6.59. The molecule has 1 fully saturated rings. The molecule has 110 valence electrons. The molecule has 0 bridgehead atoms. The summed E-state index contributed by atoms with van der Waals surface area (Å²) in [6, 6.07) is 0. The fourth-order valence-corrected chi connectivity index (χ4v) is 2.62. The van der Waals surface area contributed by atoms with Crippen LogP contribution in [0, 0.1) is 5.92 Å². The first-order chi connectivity index (χ1) is 8.98. The number of carbonyl (C=O) groups excluding carboxylic acids is 2. The van der Waals surface area contributed by atoms with E-state index < -0.39 is 17.6 Å². The van der Waals surface area contributed by atoms with E-state index in [1.165, 1.54) is 0 Å². The molecule has 19 heavy (non-hydrogen) atoms. The molecular weight excluding hydrogens is 250 g/mol. The molecule has 1 unspecified atom stereocenters. The summed E-state index contributed by atoms with van der Waals surface area (Å²) in [5.41, 5.74) is 0. The molecule has 0 heterocycles. The molecule has 1 saturated carbocycles. The van der Waals surface area contributed by atoms with Gasteiger partial charge in [-0.1, -0.05) is 32.6 Å². The van der Waals surface area contributed by atoms with E-state index in [2.05, 4.69) is 6.92 Å². The van der Waals surface area contributed by atoms with Crippen molar-refractivity contribution in [1.29, 1.82) is 0 Å². The fourth-order valence-electron chi connectivity index (χ4n) is 2.62. The van der Waals surface area contributed by atoms with Crippen LogP contribution in [0.2, 0.25) is 0 Å². The van der Waals surface area contributed by atoms with Gasteiger partial charge in [0.2, 0.25) is 5.78 Å². The maximum Gasteiger partial charge on any atom is 0.308 e. The van der Waals surface area contributed by atoms with Crippen molar-refractivity contribution in [3.05, 3.63) is 0 Å². The number of unbranched alkanes of at least 4 members (excludes halogenated alkanes) is 4. The summed E-state index contributed by atoms with van der Waals surface area (Å²) in [5, 5.41) is 0. The van der Waals surface area contributed by atoms with Crippen LogP contribution >= 0.6 is 0 Å². The Bertz CT molecular complexity index is 313. The van der Waals surface area contributed by atoms with Crippen LogP contribution in [-0.4, -0.2) is 17.5 Å². The zero-order valence-electron chi connectivity index (χ0n) is 11.7. The van der Waals surface area contributed by atoms with Crippen LogP contribution in [0.5, 0.6) is 0 Å². The van der Waals surface area contributed by atoms with E-state index in [1.807, 2.05) is 0 Å². The average Bonchev–Trinajstić information content (AvgIpc) is 2.38. The molecule has 0 N–H and O–H groups in total. The highest BCUT2D eigenvalue weighted by molar-refractivity contribution is 5.87. The molecular formula is C15H24F2O2. The quantitative estimate of drug-likeness (QED) is 0.618. The number of rotatable bonds is 8. The third-order valence-electron chi connectivity index (χ3n) is 3.87. The van der Waals surface area contributed by atoms with Gasteiger partial charge in [0.1, 0.15) is 5.78 Å². The van der Waals surface area contributed by atoms with Gasteiger partial charge in [-0.15, -0.1) is 0 Å². The molecule has 4 heteroatoms.